The van der Waals surface area contributed by atoms with E-state index in [4.69, 9.17) is 9.57 Å². The van der Waals surface area contributed by atoms with Gasteiger partial charge in [0.25, 0.3) is 5.91 Å². The molecule has 1 amide bonds. The number of amides is 1. The Morgan fingerprint density at radius 2 is 1.84 bits per heavy atom. The summed E-state index contributed by atoms with van der Waals surface area (Å²) in [6.07, 6.45) is 8.83. The van der Waals surface area contributed by atoms with Crippen molar-refractivity contribution in [2.75, 3.05) is 26.2 Å². The number of carbonyl (C=O) groups is 1. The van der Waals surface area contributed by atoms with E-state index in [1.165, 1.54) is 30.7 Å². The van der Waals surface area contributed by atoms with Gasteiger partial charge in [-0.05, 0) is 50.3 Å². The second-order valence-corrected chi connectivity index (χ2v) is 7.41. The van der Waals surface area contributed by atoms with Crippen molar-refractivity contribution in [3.63, 3.8) is 0 Å². The number of ether oxygens (including phenoxy) is 1. The maximum atomic E-state index is 12.4. The van der Waals surface area contributed by atoms with Crippen molar-refractivity contribution < 1.29 is 14.4 Å². The van der Waals surface area contributed by atoms with Crippen LogP contribution in [0.2, 0.25) is 0 Å². The molecule has 5 nitrogen and oxygen atoms in total. The molecule has 136 valence electrons. The van der Waals surface area contributed by atoms with Gasteiger partial charge in [0.2, 0.25) is 0 Å². The molecule has 1 saturated carbocycles. The van der Waals surface area contributed by atoms with Crippen molar-refractivity contribution in [3.8, 4) is 5.75 Å². The summed E-state index contributed by atoms with van der Waals surface area (Å²) in [6.45, 7) is 3.57. The molecule has 0 spiro atoms. The Balaban J connectivity index is 1.32. The molecule has 2 heterocycles. The van der Waals surface area contributed by atoms with E-state index in [9.17, 15) is 4.79 Å². The van der Waals surface area contributed by atoms with E-state index in [0.717, 1.165) is 44.1 Å². The summed E-state index contributed by atoms with van der Waals surface area (Å²) in [5.41, 5.74) is 0.641. The lowest BCUT2D eigenvalue weighted by molar-refractivity contribution is -0.0768. The molecule has 3 fully saturated rings. The number of benzene rings is 1. The second-order valence-electron chi connectivity index (χ2n) is 7.41. The van der Waals surface area contributed by atoms with Crippen LogP contribution in [0.1, 0.15) is 55.3 Å². The molecule has 0 unspecified atom stereocenters. The average molecular weight is 344 g/mol. The van der Waals surface area contributed by atoms with Crippen molar-refractivity contribution in [2.24, 2.45) is 0 Å². The summed E-state index contributed by atoms with van der Waals surface area (Å²) < 4.78 is 6.18. The topological polar surface area (TPSA) is 42.0 Å². The monoisotopic (exact) mass is 344 g/mol. The van der Waals surface area contributed by atoms with Gasteiger partial charge >= 0.3 is 0 Å². The Kier molecular flexibility index (Phi) is 5.22. The van der Waals surface area contributed by atoms with E-state index in [1.807, 2.05) is 24.3 Å². The molecule has 3 aliphatic rings. The summed E-state index contributed by atoms with van der Waals surface area (Å²) >= 11 is 0. The first-order chi connectivity index (χ1) is 12.3. The van der Waals surface area contributed by atoms with Crippen LogP contribution in [-0.4, -0.2) is 54.3 Å². The minimum absolute atomic E-state index is 0.0704. The van der Waals surface area contributed by atoms with Crippen molar-refractivity contribution in [3.05, 3.63) is 29.8 Å². The number of nitrogens with zero attached hydrogens (tertiary/aromatic N) is 2. The third-order valence-corrected chi connectivity index (χ3v) is 5.68. The van der Waals surface area contributed by atoms with Crippen LogP contribution in [0.5, 0.6) is 5.75 Å². The van der Waals surface area contributed by atoms with Crippen LogP contribution >= 0.6 is 0 Å². The van der Waals surface area contributed by atoms with E-state index < -0.39 is 0 Å². The van der Waals surface area contributed by atoms with Crippen LogP contribution < -0.4 is 4.74 Å². The summed E-state index contributed by atoms with van der Waals surface area (Å²) in [5.74, 6) is 0.725. The molecule has 1 aromatic carbocycles. The summed E-state index contributed by atoms with van der Waals surface area (Å²) in [6, 6.07) is 8.34. The van der Waals surface area contributed by atoms with Gasteiger partial charge in [-0.1, -0.05) is 18.9 Å². The Morgan fingerprint density at radius 1 is 1.04 bits per heavy atom. The Bertz CT molecular complexity index is 586. The third-order valence-electron chi connectivity index (χ3n) is 5.68. The first-order valence-corrected chi connectivity index (χ1v) is 9.75. The second kappa shape index (κ2) is 7.75. The highest BCUT2D eigenvalue weighted by Gasteiger charge is 2.28. The summed E-state index contributed by atoms with van der Waals surface area (Å²) in [5, 5.41) is 1.46. The minimum Gasteiger partial charge on any atom is -0.490 e. The number of likely N-dealkylation sites (tertiary alicyclic amines) is 1. The third kappa shape index (κ3) is 3.98. The standard InChI is InChI=1S/C20H28N2O3/c23-20(22-11-4-14-24-22)16-5-3-8-19(15-16)25-18-9-12-21(13-10-18)17-6-1-2-7-17/h3,5,8,15,17-18H,1-2,4,6-7,9-14H2. The zero-order valence-corrected chi connectivity index (χ0v) is 14.9. The lowest BCUT2D eigenvalue weighted by Gasteiger charge is -2.36. The number of piperidine rings is 1. The zero-order chi connectivity index (χ0) is 17.1. The molecule has 2 saturated heterocycles. The maximum Gasteiger partial charge on any atom is 0.277 e. The highest BCUT2D eigenvalue weighted by molar-refractivity contribution is 5.94. The van der Waals surface area contributed by atoms with Crippen LogP contribution in [0.15, 0.2) is 24.3 Å². The number of hydroxylamine groups is 2. The van der Waals surface area contributed by atoms with E-state index in [2.05, 4.69) is 4.90 Å². The van der Waals surface area contributed by atoms with Gasteiger partial charge in [0.05, 0.1) is 13.2 Å². The predicted molar refractivity (Wildman–Crippen MR) is 95.5 cm³/mol. The lowest BCUT2D eigenvalue weighted by Crippen LogP contribution is -2.43. The fourth-order valence-corrected chi connectivity index (χ4v) is 4.27. The smallest absolute Gasteiger partial charge is 0.277 e. The van der Waals surface area contributed by atoms with E-state index in [0.29, 0.717) is 18.7 Å². The molecule has 25 heavy (non-hydrogen) atoms. The van der Waals surface area contributed by atoms with Crippen LogP contribution in [0, 0.1) is 0 Å². The normalized spacial score (nSPS) is 23.3. The fourth-order valence-electron chi connectivity index (χ4n) is 4.27. The van der Waals surface area contributed by atoms with Gasteiger partial charge in [-0.15, -0.1) is 0 Å². The van der Waals surface area contributed by atoms with Gasteiger partial charge in [-0.25, -0.2) is 5.06 Å². The Morgan fingerprint density at radius 3 is 2.56 bits per heavy atom. The van der Waals surface area contributed by atoms with E-state index in [-0.39, 0.29) is 12.0 Å². The molecule has 1 aliphatic carbocycles. The molecular weight excluding hydrogens is 316 g/mol. The summed E-state index contributed by atoms with van der Waals surface area (Å²) in [4.78, 5) is 20.4. The number of carbonyl (C=O) groups excluding carboxylic acids is 1. The van der Waals surface area contributed by atoms with Crippen LogP contribution in [0.3, 0.4) is 0 Å². The van der Waals surface area contributed by atoms with E-state index in [1.54, 1.807) is 0 Å². The molecule has 4 rings (SSSR count). The fraction of sp³-hybridized carbons (Fsp3) is 0.650. The Hall–Kier alpha value is -1.59. The van der Waals surface area contributed by atoms with Crippen molar-refractivity contribution in [1.29, 1.82) is 0 Å². The highest BCUT2D eigenvalue weighted by atomic mass is 16.7. The van der Waals surface area contributed by atoms with Crippen LogP contribution in [-0.2, 0) is 4.84 Å². The molecule has 0 bridgehead atoms. The van der Waals surface area contributed by atoms with Gasteiger partial charge in [0.15, 0.2) is 0 Å². The molecule has 0 N–H and O–H groups in total. The molecule has 1 aromatic rings. The van der Waals surface area contributed by atoms with Crippen LogP contribution in [0.4, 0.5) is 0 Å². The largest absolute Gasteiger partial charge is 0.490 e. The lowest BCUT2D eigenvalue weighted by atomic mass is 10.0. The van der Waals surface area contributed by atoms with Gasteiger partial charge < -0.3 is 9.64 Å². The minimum atomic E-state index is -0.0704. The predicted octanol–water partition coefficient (Wildman–Crippen LogP) is 3.25. The number of hydrogen-bond acceptors (Lipinski definition) is 4. The van der Waals surface area contributed by atoms with E-state index >= 15 is 0 Å². The molecule has 0 atom stereocenters. The molecule has 0 radical (unpaired) electrons. The van der Waals surface area contributed by atoms with Crippen molar-refractivity contribution >= 4 is 5.91 Å². The maximum absolute atomic E-state index is 12.4. The summed E-state index contributed by atoms with van der Waals surface area (Å²) in [7, 11) is 0. The quantitative estimate of drug-likeness (QED) is 0.841. The van der Waals surface area contributed by atoms with Crippen molar-refractivity contribution in [1.82, 2.24) is 9.96 Å². The first kappa shape index (κ1) is 16.9. The van der Waals surface area contributed by atoms with Crippen molar-refractivity contribution in [2.45, 2.75) is 57.1 Å². The van der Waals surface area contributed by atoms with Gasteiger partial charge in [0.1, 0.15) is 11.9 Å². The average Bonchev–Trinajstić information content (AvgIpc) is 3.36. The number of hydrogen-bond donors (Lipinski definition) is 0. The molecule has 2 aliphatic heterocycles. The van der Waals surface area contributed by atoms with Gasteiger partial charge in [0, 0.05) is 24.7 Å². The Labute approximate surface area is 149 Å². The van der Waals surface area contributed by atoms with Gasteiger partial charge in [-0.2, -0.15) is 0 Å². The first-order valence-electron chi connectivity index (χ1n) is 9.75. The highest BCUT2D eigenvalue weighted by Crippen LogP contribution is 2.28. The SMILES string of the molecule is O=C(c1cccc(OC2CCN(C3CCCC3)CC2)c1)N1CCCO1. The van der Waals surface area contributed by atoms with Gasteiger partial charge in [-0.3, -0.25) is 9.63 Å². The molecule has 5 heteroatoms. The molecule has 0 aromatic heterocycles. The zero-order valence-electron chi connectivity index (χ0n) is 14.9. The number of rotatable bonds is 4. The van der Waals surface area contributed by atoms with Crippen LogP contribution in [0.25, 0.3) is 0 Å². The molecular formula is C20H28N2O3.